The average Bonchev–Trinajstić information content (AvgIpc) is 2.64. The minimum atomic E-state index is -0.105. The monoisotopic (exact) mass is 353 g/mol. The van der Waals surface area contributed by atoms with Crippen molar-refractivity contribution >= 4 is 6.03 Å². The molecule has 1 saturated heterocycles. The van der Waals surface area contributed by atoms with E-state index in [2.05, 4.69) is 39.8 Å². The standard InChI is InChI=1S/C21H27N3O2/c25-20-8-4-7-17(15-20)9-12-22-21(26)23-19-10-13-24(14-11-19)16-18-5-2-1-3-6-18/h1-8,15,19,25H,9-14,16H2,(H2,22,23,26). The number of likely N-dealkylation sites (tertiary alicyclic amines) is 1. The lowest BCUT2D eigenvalue weighted by atomic mass is 10.0. The van der Waals surface area contributed by atoms with Gasteiger partial charge in [0.05, 0.1) is 0 Å². The number of hydrogen-bond acceptors (Lipinski definition) is 3. The molecule has 0 saturated carbocycles. The average molecular weight is 353 g/mol. The number of carbonyl (C=O) groups is 1. The van der Waals surface area contributed by atoms with E-state index in [0.717, 1.165) is 38.0 Å². The maximum Gasteiger partial charge on any atom is 0.315 e. The zero-order chi connectivity index (χ0) is 18.2. The van der Waals surface area contributed by atoms with Gasteiger partial charge in [0.2, 0.25) is 0 Å². The molecule has 0 aliphatic carbocycles. The Morgan fingerprint density at radius 2 is 1.77 bits per heavy atom. The van der Waals surface area contributed by atoms with Crippen LogP contribution >= 0.6 is 0 Å². The van der Waals surface area contributed by atoms with Crippen LogP contribution in [-0.2, 0) is 13.0 Å². The Morgan fingerprint density at radius 3 is 2.50 bits per heavy atom. The molecule has 2 amide bonds. The first-order valence-electron chi connectivity index (χ1n) is 9.27. The molecule has 2 aromatic rings. The summed E-state index contributed by atoms with van der Waals surface area (Å²) in [5.41, 5.74) is 2.35. The summed E-state index contributed by atoms with van der Waals surface area (Å²) < 4.78 is 0. The highest BCUT2D eigenvalue weighted by Crippen LogP contribution is 2.14. The van der Waals surface area contributed by atoms with Crippen LogP contribution in [0, 0.1) is 0 Å². The van der Waals surface area contributed by atoms with Crippen molar-refractivity contribution in [1.82, 2.24) is 15.5 Å². The fraction of sp³-hybridized carbons (Fsp3) is 0.381. The molecule has 1 heterocycles. The Hall–Kier alpha value is -2.53. The molecule has 5 heteroatoms. The van der Waals surface area contributed by atoms with Gasteiger partial charge in [0.1, 0.15) is 5.75 Å². The van der Waals surface area contributed by atoms with Crippen LogP contribution in [-0.4, -0.2) is 41.7 Å². The number of phenolic OH excluding ortho intramolecular Hbond substituents is 1. The molecule has 0 spiro atoms. The van der Waals surface area contributed by atoms with Crippen molar-refractivity contribution in [2.45, 2.75) is 31.8 Å². The van der Waals surface area contributed by atoms with Crippen molar-refractivity contribution in [2.24, 2.45) is 0 Å². The molecule has 3 rings (SSSR count). The second-order valence-corrected chi connectivity index (χ2v) is 6.86. The highest BCUT2D eigenvalue weighted by atomic mass is 16.3. The molecule has 26 heavy (non-hydrogen) atoms. The number of aromatic hydroxyl groups is 1. The first-order valence-corrected chi connectivity index (χ1v) is 9.27. The predicted molar refractivity (Wildman–Crippen MR) is 103 cm³/mol. The van der Waals surface area contributed by atoms with Gasteiger partial charge < -0.3 is 15.7 Å². The lowest BCUT2D eigenvalue weighted by Gasteiger charge is -2.32. The van der Waals surface area contributed by atoms with E-state index in [9.17, 15) is 9.90 Å². The van der Waals surface area contributed by atoms with Crippen LogP contribution < -0.4 is 10.6 Å². The lowest BCUT2D eigenvalue weighted by molar-refractivity contribution is 0.186. The number of hydrogen-bond donors (Lipinski definition) is 3. The summed E-state index contributed by atoms with van der Waals surface area (Å²) in [6.45, 7) is 3.54. The summed E-state index contributed by atoms with van der Waals surface area (Å²) >= 11 is 0. The number of rotatable bonds is 6. The van der Waals surface area contributed by atoms with Gasteiger partial charge in [0.15, 0.2) is 0 Å². The third-order valence-corrected chi connectivity index (χ3v) is 4.78. The molecule has 1 aliphatic rings. The molecular formula is C21H27N3O2. The van der Waals surface area contributed by atoms with E-state index in [1.807, 2.05) is 18.2 Å². The van der Waals surface area contributed by atoms with Crippen LogP contribution in [0.15, 0.2) is 54.6 Å². The zero-order valence-electron chi connectivity index (χ0n) is 15.0. The van der Waals surface area contributed by atoms with Crippen molar-refractivity contribution in [1.29, 1.82) is 0 Å². The second kappa shape index (κ2) is 9.25. The van der Waals surface area contributed by atoms with Crippen LogP contribution in [0.3, 0.4) is 0 Å². The molecule has 2 aromatic carbocycles. The van der Waals surface area contributed by atoms with Crippen molar-refractivity contribution in [3.05, 3.63) is 65.7 Å². The van der Waals surface area contributed by atoms with E-state index in [1.54, 1.807) is 12.1 Å². The maximum atomic E-state index is 12.1. The van der Waals surface area contributed by atoms with Gasteiger partial charge in [-0.1, -0.05) is 42.5 Å². The summed E-state index contributed by atoms with van der Waals surface area (Å²) in [6, 6.07) is 17.8. The number of nitrogens with zero attached hydrogens (tertiary/aromatic N) is 1. The van der Waals surface area contributed by atoms with Gasteiger partial charge in [-0.3, -0.25) is 4.90 Å². The molecule has 0 radical (unpaired) electrons. The molecule has 5 nitrogen and oxygen atoms in total. The van der Waals surface area contributed by atoms with Gasteiger partial charge in [-0.15, -0.1) is 0 Å². The van der Waals surface area contributed by atoms with Crippen molar-refractivity contribution in [3.63, 3.8) is 0 Å². The van der Waals surface area contributed by atoms with Gasteiger partial charge in [0, 0.05) is 32.2 Å². The smallest absolute Gasteiger partial charge is 0.315 e. The van der Waals surface area contributed by atoms with Crippen molar-refractivity contribution in [3.8, 4) is 5.75 Å². The van der Waals surface area contributed by atoms with Gasteiger partial charge in [0.25, 0.3) is 0 Å². The Bertz CT molecular complexity index is 697. The first-order chi connectivity index (χ1) is 12.7. The largest absolute Gasteiger partial charge is 0.508 e. The minimum absolute atomic E-state index is 0.105. The van der Waals surface area contributed by atoms with Gasteiger partial charge in [-0.05, 0) is 42.5 Å². The third-order valence-electron chi connectivity index (χ3n) is 4.78. The van der Waals surface area contributed by atoms with E-state index >= 15 is 0 Å². The molecular weight excluding hydrogens is 326 g/mol. The van der Waals surface area contributed by atoms with Crippen molar-refractivity contribution < 1.29 is 9.90 Å². The number of carbonyl (C=O) groups excluding carboxylic acids is 1. The van der Waals surface area contributed by atoms with Crippen LogP contribution in [0.4, 0.5) is 4.79 Å². The summed E-state index contributed by atoms with van der Waals surface area (Å²) in [5.74, 6) is 0.259. The van der Waals surface area contributed by atoms with Gasteiger partial charge in [-0.2, -0.15) is 0 Å². The van der Waals surface area contributed by atoms with Crippen LogP contribution in [0.25, 0.3) is 0 Å². The van der Waals surface area contributed by atoms with Crippen LogP contribution in [0.2, 0.25) is 0 Å². The second-order valence-electron chi connectivity index (χ2n) is 6.86. The number of amides is 2. The number of benzene rings is 2. The minimum Gasteiger partial charge on any atom is -0.508 e. The molecule has 0 aromatic heterocycles. The summed E-state index contributed by atoms with van der Waals surface area (Å²) in [7, 11) is 0. The molecule has 0 atom stereocenters. The number of piperidine rings is 1. The molecule has 1 fully saturated rings. The van der Waals surface area contributed by atoms with Crippen molar-refractivity contribution in [2.75, 3.05) is 19.6 Å². The summed E-state index contributed by atoms with van der Waals surface area (Å²) in [5, 5.41) is 15.4. The topological polar surface area (TPSA) is 64.6 Å². The van der Waals surface area contributed by atoms with E-state index in [4.69, 9.17) is 0 Å². The Labute approximate surface area is 155 Å². The van der Waals surface area contributed by atoms with E-state index < -0.39 is 0 Å². The highest BCUT2D eigenvalue weighted by Gasteiger charge is 2.20. The molecule has 0 unspecified atom stereocenters. The molecule has 138 valence electrons. The zero-order valence-corrected chi connectivity index (χ0v) is 15.0. The number of nitrogens with one attached hydrogen (secondary N) is 2. The van der Waals surface area contributed by atoms with Crippen LogP contribution in [0.1, 0.15) is 24.0 Å². The number of urea groups is 1. The van der Waals surface area contributed by atoms with Gasteiger partial charge in [-0.25, -0.2) is 4.79 Å². The van der Waals surface area contributed by atoms with Crippen LogP contribution in [0.5, 0.6) is 5.75 Å². The third kappa shape index (κ3) is 5.77. The fourth-order valence-electron chi connectivity index (χ4n) is 3.35. The van der Waals surface area contributed by atoms with E-state index in [-0.39, 0.29) is 17.8 Å². The summed E-state index contributed by atoms with van der Waals surface area (Å²) in [4.78, 5) is 14.5. The Kier molecular flexibility index (Phi) is 6.50. The fourth-order valence-corrected chi connectivity index (χ4v) is 3.35. The van der Waals surface area contributed by atoms with Gasteiger partial charge >= 0.3 is 6.03 Å². The van der Waals surface area contributed by atoms with E-state index in [0.29, 0.717) is 13.0 Å². The Morgan fingerprint density at radius 1 is 1.04 bits per heavy atom. The highest BCUT2D eigenvalue weighted by molar-refractivity contribution is 5.74. The maximum absolute atomic E-state index is 12.1. The normalized spacial score (nSPS) is 15.5. The number of phenols is 1. The predicted octanol–water partition coefficient (Wildman–Crippen LogP) is 2.90. The molecule has 1 aliphatic heterocycles. The SMILES string of the molecule is O=C(NCCc1cccc(O)c1)NC1CCN(Cc2ccccc2)CC1. The van der Waals surface area contributed by atoms with E-state index in [1.165, 1.54) is 5.56 Å². The summed E-state index contributed by atoms with van der Waals surface area (Å²) in [6.07, 6.45) is 2.66. The first kappa shape index (κ1) is 18.3. The quantitative estimate of drug-likeness (QED) is 0.748. The Balaban J connectivity index is 1.33. The lowest BCUT2D eigenvalue weighted by Crippen LogP contribution is -2.48. The molecule has 3 N–H and O–H groups in total. The molecule has 0 bridgehead atoms.